The summed E-state index contributed by atoms with van der Waals surface area (Å²) in [6.07, 6.45) is 1.80. The molecule has 1 heteroatoms. The summed E-state index contributed by atoms with van der Waals surface area (Å²) < 4.78 is 0. The third kappa shape index (κ3) is 1.51. The number of carbonyl (C=O) groups is 1. The summed E-state index contributed by atoms with van der Waals surface area (Å²) in [7, 11) is 0. The lowest BCUT2D eigenvalue weighted by Crippen LogP contribution is -2.08. The molecule has 1 aromatic rings. The summed E-state index contributed by atoms with van der Waals surface area (Å²) in [5.41, 5.74) is 1.32. The van der Waals surface area contributed by atoms with Crippen LogP contribution in [-0.2, 0) is 4.79 Å². The molecule has 1 aromatic carbocycles. The Morgan fingerprint density at radius 3 is 2.46 bits per heavy atom. The quantitative estimate of drug-likeness (QED) is 0.639. The maximum atomic E-state index is 11.4. The van der Waals surface area contributed by atoms with E-state index in [1.54, 1.807) is 0 Å². The van der Waals surface area contributed by atoms with Crippen LogP contribution in [0.5, 0.6) is 0 Å². The minimum absolute atomic E-state index is 0.224. The molecule has 1 saturated carbocycles. The van der Waals surface area contributed by atoms with Crippen molar-refractivity contribution < 1.29 is 4.79 Å². The summed E-state index contributed by atoms with van der Waals surface area (Å²) >= 11 is 0. The molecule has 0 bridgehead atoms. The Balaban J connectivity index is 2.24. The fourth-order valence-corrected chi connectivity index (χ4v) is 2.16. The molecule has 1 aliphatic rings. The molecule has 1 aliphatic carbocycles. The van der Waals surface area contributed by atoms with Crippen LogP contribution in [0.25, 0.3) is 0 Å². The summed E-state index contributed by atoms with van der Waals surface area (Å²) in [6, 6.07) is 10.4. The van der Waals surface area contributed by atoms with E-state index in [2.05, 4.69) is 12.1 Å². The largest absolute Gasteiger partial charge is 0.299 e. The molecule has 68 valence electrons. The molecular weight excluding hydrogens is 160 g/mol. The van der Waals surface area contributed by atoms with E-state index < -0.39 is 0 Å². The van der Waals surface area contributed by atoms with Gasteiger partial charge in [-0.1, -0.05) is 37.3 Å². The summed E-state index contributed by atoms with van der Waals surface area (Å²) in [5, 5.41) is 0. The summed E-state index contributed by atoms with van der Waals surface area (Å²) in [5.74, 6) is 1.12. The van der Waals surface area contributed by atoms with Crippen molar-refractivity contribution in [3.05, 3.63) is 35.9 Å². The van der Waals surface area contributed by atoms with Crippen molar-refractivity contribution in [3.8, 4) is 0 Å². The Morgan fingerprint density at radius 2 is 1.92 bits per heavy atom. The Kier molecular flexibility index (Phi) is 2.17. The smallest absolute Gasteiger partial charge is 0.136 e. The highest BCUT2D eigenvalue weighted by molar-refractivity contribution is 5.84. The minimum Gasteiger partial charge on any atom is -0.299 e. The highest BCUT2D eigenvalue weighted by atomic mass is 16.1. The molecule has 1 nitrogen and oxygen atoms in total. The number of carbonyl (C=O) groups excluding carboxylic acids is 1. The molecule has 0 N–H and O–H groups in total. The number of ketones is 1. The van der Waals surface area contributed by atoms with E-state index in [0.29, 0.717) is 11.7 Å². The van der Waals surface area contributed by atoms with E-state index >= 15 is 0 Å². The second-order valence-corrected chi connectivity index (χ2v) is 3.81. The standard InChI is InChI=1S/C12H14O/c1-9-11(7-8-12(9)13)10-5-3-2-4-6-10/h2-6,9,11H,7-8H2,1H3/t9-,11+/m1/s1. The predicted molar refractivity (Wildman–Crippen MR) is 52.6 cm³/mol. The zero-order valence-electron chi connectivity index (χ0n) is 7.86. The Hall–Kier alpha value is -1.11. The molecule has 0 aliphatic heterocycles. The van der Waals surface area contributed by atoms with Crippen LogP contribution in [0.4, 0.5) is 0 Å². The van der Waals surface area contributed by atoms with Crippen LogP contribution in [0.3, 0.4) is 0 Å². The molecule has 1 fully saturated rings. The zero-order chi connectivity index (χ0) is 9.26. The fourth-order valence-electron chi connectivity index (χ4n) is 2.16. The van der Waals surface area contributed by atoms with Gasteiger partial charge in [-0.05, 0) is 17.9 Å². The summed E-state index contributed by atoms with van der Waals surface area (Å²) in [4.78, 5) is 11.4. The second-order valence-electron chi connectivity index (χ2n) is 3.81. The summed E-state index contributed by atoms with van der Waals surface area (Å²) in [6.45, 7) is 2.05. The lowest BCUT2D eigenvalue weighted by molar-refractivity contribution is -0.120. The van der Waals surface area contributed by atoms with Crippen molar-refractivity contribution in [2.24, 2.45) is 5.92 Å². The van der Waals surface area contributed by atoms with Crippen LogP contribution in [0, 0.1) is 5.92 Å². The molecule has 2 rings (SSSR count). The van der Waals surface area contributed by atoms with Gasteiger partial charge in [0.15, 0.2) is 0 Å². The number of Topliss-reactive ketones (excluding diaryl/α,β-unsaturated/α-hetero) is 1. The average Bonchev–Trinajstić information content (AvgIpc) is 2.49. The van der Waals surface area contributed by atoms with Gasteiger partial charge in [0, 0.05) is 12.3 Å². The molecule has 2 atom stereocenters. The first-order valence-electron chi connectivity index (χ1n) is 4.86. The Bertz CT molecular complexity index is 302. The van der Waals surface area contributed by atoms with E-state index in [4.69, 9.17) is 0 Å². The zero-order valence-corrected chi connectivity index (χ0v) is 7.86. The van der Waals surface area contributed by atoms with Gasteiger partial charge in [-0.2, -0.15) is 0 Å². The van der Waals surface area contributed by atoms with E-state index in [1.807, 2.05) is 25.1 Å². The first kappa shape index (κ1) is 8.49. The highest BCUT2D eigenvalue weighted by Gasteiger charge is 2.31. The van der Waals surface area contributed by atoms with Crippen LogP contribution < -0.4 is 0 Å². The van der Waals surface area contributed by atoms with Crippen molar-refractivity contribution in [2.75, 3.05) is 0 Å². The molecule has 0 unspecified atom stereocenters. The van der Waals surface area contributed by atoms with Gasteiger partial charge >= 0.3 is 0 Å². The number of rotatable bonds is 1. The van der Waals surface area contributed by atoms with Gasteiger partial charge in [-0.3, -0.25) is 4.79 Å². The fraction of sp³-hybridized carbons (Fsp3) is 0.417. The highest BCUT2D eigenvalue weighted by Crippen LogP contribution is 2.36. The minimum atomic E-state index is 0.224. The van der Waals surface area contributed by atoms with Crippen LogP contribution in [0.1, 0.15) is 31.2 Å². The molecule has 0 spiro atoms. The monoisotopic (exact) mass is 174 g/mol. The van der Waals surface area contributed by atoms with Gasteiger partial charge < -0.3 is 0 Å². The van der Waals surface area contributed by atoms with Crippen molar-refractivity contribution in [2.45, 2.75) is 25.7 Å². The topological polar surface area (TPSA) is 17.1 Å². The molecule has 0 amide bonds. The third-order valence-corrected chi connectivity index (χ3v) is 3.04. The maximum absolute atomic E-state index is 11.4. The van der Waals surface area contributed by atoms with Gasteiger partial charge in [0.1, 0.15) is 5.78 Å². The molecule has 0 heterocycles. The lowest BCUT2D eigenvalue weighted by atomic mass is 9.90. The normalized spacial score (nSPS) is 27.9. The van der Waals surface area contributed by atoms with E-state index in [1.165, 1.54) is 5.56 Å². The van der Waals surface area contributed by atoms with Gasteiger partial charge in [0.25, 0.3) is 0 Å². The number of hydrogen-bond donors (Lipinski definition) is 0. The van der Waals surface area contributed by atoms with Gasteiger partial charge in [-0.25, -0.2) is 0 Å². The third-order valence-electron chi connectivity index (χ3n) is 3.04. The van der Waals surface area contributed by atoms with Crippen molar-refractivity contribution in [1.29, 1.82) is 0 Å². The number of hydrogen-bond acceptors (Lipinski definition) is 1. The first-order valence-corrected chi connectivity index (χ1v) is 4.86. The van der Waals surface area contributed by atoms with Crippen LogP contribution >= 0.6 is 0 Å². The van der Waals surface area contributed by atoms with E-state index in [-0.39, 0.29) is 5.92 Å². The Labute approximate surface area is 78.8 Å². The second kappa shape index (κ2) is 3.33. The van der Waals surface area contributed by atoms with Crippen LogP contribution in [0.15, 0.2) is 30.3 Å². The van der Waals surface area contributed by atoms with Gasteiger partial charge in [0.2, 0.25) is 0 Å². The van der Waals surface area contributed by atoms with Crippen molar-refractivity contribution in [1.82, 2.24) is 0 Å². The molecule has 0 radical (unpaired) electrons. The SMILES string of the molecule is C[C@H]1C(=O)CC[C@@H]1c1ccccc1. The van der Waals surface area contributed by atoms with Crippen LogP contribution in [0.2, 0.25) is 0 Å². The molecular formula is C12H14O. The van der Waals surface area contributed by atoms with Gasteiger partial charge in [-0.15, -0.1) is 0 Å². The molecule has 13 heavy (non-hydrogen) atoms. The first-order chi connectivity index (χ1) is 6.29. The molecule has 0 aromatic heterocycles. The lowest BCUT2D eigenvalue weighted by Gasteiger charge is -2.13. The number of benzene rings is 1. The van der Waals surface area contributed by atoms with E-state index in [9.17, 15) is 4.79 Å². The van der Waals surface area contributed by atoms with Crippen LogP contribution in [-0.4, -0.2) is 5.78 Å². The van der Waals surface area contributed by atoms with Crippen molar-refractivity contribution >= 4 is 5.78 Å². The van der Waals surface area contributed by atoms with Crippen molar-refractivity contribution in [3.63, 3.8) is 0 Å². The van der Waals surface area contributed by atoms with Gasteiger partial charge in [0.05, 0.1) is 0 Å². The van der Waals surface area contributed by atoms with E-state index in [0.717, 1.165) is 12.8 Å². The average molecular weight is 174 g/mol. The molecule has 0 saturated heterocycles. The predicted octanol–water partition coefficient (Wildman–Crippen LogP) is 2.77. The maximum Gasteiger partial charge on any atom is 0.136 e. The Morgan fingerprint density at radius 1 is 1.23 bits per heavy atom.